The van der Waals surface area contributed by atoms with Crippen LogP contribution in [-0.2, 0) is 4.79 Å². The van der Waals surface area contributed by atoms with Crippen LogP contribution in [0.4, 0.5) is 5.69 Å². The number of nitrogens with one attached hydrogen (secondary N) is 1. The van der Waals surface area contributed by atoms with Crippen molar-refractivity contribution in [2.75, 3.05) is 5.32 Å². The fourth-order valence-electron chi connectivity index (χ4n) is 2.91. The number of carbonyl (C=O) groups excluding carboxylic acids is 1. The zero-order valence-electron chi connectivity index (χ0n) is 15.1. The van der Waals surface area contributed by atoms with Gasteiger partial charge in [0.2, 0.25) is 0 Å². The number of aryl methyl sites for hydroxylation is 3. The van der Waals surface area contributed by atoms with Crippen molar-refractivity contribution in [3.8, 4) is 0 Å². The standard InChI is InChI=1S/C19H20N4O3/c1-10-8-11(2)23-17(20-10)16(13(4)22-23)18(24)21-15-7-5-6-14(9-15)12(3)19(25)26/h5-9,12H,1-4H3,(H,21,24)(H,25,26). The van der Waals surface area contributed by atoms with Crippen molar-refractivity contribution in [1.82, 2.24) is 14.6 Å². The summed E-state index contributed by atoms with van der Waals surface area (Å²) in [6.45, 7) is 7.15. The molecule has 0 fully saturated rings. The molecule has 2 heterocycles. The number of amides is 1. The summed E-state index contributed by atoms with van der Waals surface area (Å²) in [4.78, 5) is 28.4. The molecule has 0 aliphatic rings. The predicted molar refractivity (Wildman–Crippen MR) is 97.6 cm³/mol. The molecule has 0 spiro atoms. The van der Waals surface area contributed by atoms with Crippen LogP contribution >= 0.6 is 0 Å². The molecule has 0 bridgehead atoms. The van der Waals surface area contributed by atoms with Gasteiger partial charge in [0.15, 0.2) is 5.65 Å². The molecule has 1 unspecified atom stereocenters. The van der Waals surface area contributed by atoms with E-state index in [1.807, 2.05) is 19.9 Å². The smallest absolute Gasteiger partial charge is 0.310 e. The van der Waals surface area contributed by atoms with Crippen LogP contribution < -0.4 is 5.32 Å². The third-order valence-electron chi connectivity index (χ3n) is 4.31. The van der Waals surface area contributed by atoms with Crippen molar-refractivity contribution < 1.29 is 14.7 Å². The second-order valence-corrected chi connectivity index (χ2v) is 6.37. The van der Waals surface area contributed by atoms with Gasteiger partial charge in [-0.1, -0.05) is 12.1 Å². The minimum atomic E-state index is -0.915. The number of carbonyl (C=O) groups is 2. The molecule has 3 rings (SSSR count). The average molecular weight is 352 g/mol. The van der Waals surface area contributed by atoms with Crippen LogP contribution in [0.5, 0.6) is 0 Å². The Labute approximate surface area is 150 Å². The molecule has 134 valence electrons. The molecule has 0 saturated carbocycles. The Kier molecular flexibility index (Phi) is 4.46. The molecule has 1 amide bonds. The minimum Gasteiger partial charge on any atom is -0.481 e. The van der Waals surface area contributed by atoms with Crippen LogP contribution in [0, 0.1) is 20.8 Å². The first kappa shape index (κ1) is 17.6. The second kappa shape index (κ2) is 6.59. The number of anilines is 1. The lowest BCUT2D eigenvalue weighted by Crippen LogP contribution is -2.14. The van der Waals surface area contributed by atoms with Gasteiger partial charge in [-0.3, -0.25) is 9.59 Å². The highest BCUT2D eigenvalue weighted by Gasteiger charge is 2.20. The second-order valence-electron chi connectivity index (χ2n) is 6.37. The molecule has 0 aliphatic carbocycles. The van der Waals surface area contributed by atoms with Gasteiger partial charge in [0.05, 0.1) is 11.6 Å². The fourth-order valence-corrected chi connectivity index (χ4v) is 2.91. The summed E-state index contributed by atoms with van der Waals surface area (Å²) in [6, 6.07) is 8.74. The molecule has 2 N–H and O–H groups in total. The van der Waals surface area contributed by atoms with E-state index in [-0.39, 0.29) is 5.91 Å². The molecule has 0 aliphatic heterocycles. The summed E-state index contributed by atoms with van der Waals surface area (Å²) < 4.78 is 1.65. The monoisotopic (exact) mass is 352 g/mol. The number of aromatic nitrogens is 3. The number of fused-ring (bicyclic) bond motifs is 1. The largest absolute Gasteiger partial charge is 0.481 e. The quantitative estimate of drug-likeness (QED) is 0.752. The average Bonchev–Trinajstić information content (AvgIpc) is 2.90. The molecular formula is C19H20N4O3. The predicted octanol–water partition coefficient (Wildman–Crippen LogP) is 3.09. The summed E-state index contributed by atoms with van der Waals surface area (Å²) in [5.41, 5.74) is 4.35. The van der Waals surface area contributed by atoms with E-state index in [0.29, 0.717) is 28.2 Å². The third-order valence-corrected chi connectivity index (χ3v) is 4.31. The third kappa shape index (κ3) is 3.15. The topological polar surface area (TPSA) is 96.6 Å². The summed E-state index contributed by atoms with van der Waals surface area (Å²) >= 11 is 0. The lowest BCUT2D eigenvalue weighted by atomic mass is 10.0. The Hall–Kier alpha value is -3.22. The van der Waals surface area contributed by atoms with Gasteiger partial charge in [-0.2, -0.15) is 5.10 Å². The van der Waals surface area contributed by atoms with Gasteiger partial charge in [0, 0.05) is 17.1 Å². The Morgan fingerprint density at radius 2 is 1.92 bits per heavy atom. The number of rotatable bonds is 4. The number of carboxylic acid groups (broad SMARTS) is 1. The molecule has 1 atom stereocenters. The van der Waals surface area contributed by atoms with Crippen LogP contribution in [0.2, 0.25) is 0 Å². The molecule has 2 aromatic heterocycles. The SMILES string of the molecule is Cc1cc(C)n2nc(C)c(C(=O)Nc3cccc(C(C)C(=O)O)c3)c2n1. The van der Waals surface area contributed by atoms with Crippen molar-refractivity contribution >= 4 is 23.2 Å². The molecule has 0 saturated heterocycles. The van der Waals surface area contributed by atoms with Gasteiger partial charge in [-0.05, 0) is 51.5 Å². The zero-order chi connectivity index (χ0) is 19.0. The van der Waals surface area contributed by atoms with Gasteiger partial charge in [0.25, 0.3) is 5.91 Å². The van der Waals surface area contributed by atoms with Gasteiger partial charge < -0.3 is 10.4 Å². The van der Waals surface area contributed by atoms with Gasteiger partial charge in [-0.15, -0.1) is 0 Å². The maximum Gasteiger partial charge on any atom is 0.310 e. The number of hydrogen-bond acceptors (Lipinski definition) is 4. The Morgan fingerprint density at radius 1 is 1.19 bits per heavy atom. The van der Waals surface area contributed by atoms with E-state index in [0.717, 1.165) is 11.4 Å². The van der Waals surface area contributed by atoms with Gasteiger partial charge >= 0.3 is 5.97 Å². The molecule has 3 aromatic rings. The number of aliphatic carboxylic acids is 1. The molecule has 1 aromatic carbocycles. The van der Waals surface area contributed by atoms with Crippen molar-refractivity contribution in [3.63, 3.8) is 0 Å². The van der Waals surface area contributed by atoms with Crippen LogP contribution in [0.15, 0.2) is 30.3 Å². The van der Waals surface area contributed by atoms with Crippen molar-refractivity contribution in [1.29, 1.82) is 0 Å². The Bertz CT molecular complexity index is 1020. The molecular weight excluding hydrogens is 332 g/mol. The fraction of sp³-hybridized carbons (Fsp3) is 0.263. The first-order chi connectivity index (χ1) is 12.3. The Morgan fingerprint density at radius 3 is 2.62 bits per heavy atom. The minimum absolute atomic E-state index is 0.324. The van der Waals surface area contributed by atoms with E-state index in [1.165, 1.54) is 0 Å². The lowest BCUT2D eigenvalue weighted by molar-refractivity contribution is -0.138. The van der Waals surface area contributed by atoms with Crippen molar-refractivity contribution in [2.45, 2.75) is 33.6 Å². The van der Waals surface area contributed by atoms with E-state index >= 15 is 0 Å². The molecule has 7 heteroatoms. The summed E-state index contributed by atoms with van der Waals surface area (Å²) in [7, 11) is 0. The van der Waals surface area contributed by atoms with Crippen LogP contribution in [0.25, 0.3) is 5.65 Å². The first-order valence-electron chi connectivity index (χ1n) is 8.25. The highest BCUT2D eigenvalue weighted by molar-refractivity contribution is 6.09. The number of hydrogen-bond donors (Lipinski definition) is 2. The molecule has 26 heavy (non-hydrogen) atoms. The number of carboxylic acids is 1. The van der Waals surface area contributed by atoms with E-state index in [9.17, 15) is 9.59 Å². The van der Waals surface area contributed by atoms with Crippen LogP contribution in [0.1, 0.15) is 45.8 Å². The van der Waals surface area contributed by atoms with E-state index in [1.54, 1.807) is 42.6 Å². The highest BCUT2D eigenvalue weighted by Crippen LogP contribution is 2.22. The van der Waals surface area contributed by atoms with E-state index in [2.05, 4.69) is 15.4 Å². The maximum atomic E-state index is 12.8. The Balaban J connectivity index is 1.97. The summed E-state index contributed by atoms with van der Waals surface area (Å²) in [6.07, 6.45) is 0. The van der Waals surface area contributed by atoms with Crippen molar-refractivity contribution in [3.05, 3.63) is 58.5 Å². The van der Waals surface area contributed by atoms with E-state index < -0.39 is 11.9 Å². The van der Waals surface area contributed by atoms with Crippen LogP contribution in [0.3, 0.4) is 0 Å². The number of nitrogens with zero attached hydrogens (tertiary/aromatic N) is 3. The number of benzene rings is 1. The van der Waals surface area contributed by atoms with Crippen LogP contribution in [-0.4, -0.2) is 31.6 Å². The molecule has 0 radical (unpaired) electrons. The molecule has 7 nitrogen and oxygen atoms in total. The van der Waals surface area contributed by atoms with E-state index in [4.69, 9.17) is 5.11 Å². The lowest BCUT2D eigenvalue weighted by Gasteiger charge is -2.10. The zero-order valence-corrected chi connectivity index (χ0v) is 15.1. The first-order valence-corrected chi connectivity index (χ1v) is 8.25. The summed E-state index contributed by atoms with van der Waals surface area (Å²) in [5.74, 6) is -1.89. The van der Waals surface area contributed by atoms with Gasteiger partial charge in [0.1, 0.15) is 5.56 Å². The van der Waals surface area contributed by atoms with Crippen molar-refractivity contribution in [2.24, 2.45) is 0 Å². The highest BCUT2D eigenvalue weighted by atomic mass is 16.4. The normalized spacial score (nSPS) is 12.2. The summed E-state index contributed by atoms with van der Waals surface area (Å²) in [5, 5.41) is 16.4. The maximum absolute atomic E-state index is 12.8. The van der Waals surface area contributed by atoms with Gasteiger partial charge in [-0.25, -0.2) is 9.50 Å².